The smallest absolute Gasteiger partial charge is 0.319 e. The number of aromatic amines is 1. The summed E-state index contributed by atoms with van der Waals surface area (Å²) in [6.45, 7) is 5.91. The largest absolute Gasteiger partial charge is 0.335 e. The Labute approximate surface area is 186 Å². The zero-order valence-corrected chi connectivity index (χ0v) is 18.8. The summed E-state index contributed by atoms with van der Waals surface area (Å²) >= 11 is 1.49. The quantitative estimate of drug-likeness (QED) is 0.400. The number of hydrogen-bond donors (Lipinski definition) is 4. The van der Waals surface area contributed by atoms with Crippen molar-refractivity contribution in [2.45, 2.75) is 62.5 Å². The van der Waals surface area contributed by atoms with Gasteiger partial charge in [-0.1, -0.05) is 12.8 Å². The van der Waals surface area contributed by atoms with Crippen LogP contribution in [0.3, 0.4) is 0 Å². The standard InChI is InChI=1S/C22H27N7OS/c1-13-10-17(25-21(30)24-16-6-4-5-7-16)8-9-18(13)31-22-23-14(2)11-19(27-22)26-20-12-15(3)28-29-20/h8-12,16H,4-7H2,1-3H3,(H2,24,25,30)(H2,23,26,27,28,29). The fourth-order valence-corrected chi connectivity index (χ4v) is 4.51. The molecule has 8 nitrogen and oxygen atoms in total. The van der Waals surface area contributed by atoms with E-state index in [9.17, 15) is 4.79 Å². The van der Waals surface area contributed by atoms with E-state index >= 15 is 0 Å². The van der Waals surface area contributed by atoms with Gasteiger partial charge in [-0.25, -0.2) is 14.8 Å². The molecule has 31 heavy (non-hydrogen) atoms. The number of nitrogens with zero attached hydrogens (tertiary/aromatic N) is 3. The molecule has 0 radical (unpaired) electrons. The Morgan fingerprint density at radius 1 is 1.06 bits per heavy atom. The van der Waals surface area contributed by atoms with Gasteiger partial charge in [-0.05, 0) is 69.1 Å². The van der Waals surface area contributed by atoms with Crippen molar-refractivity contribution in [3.63, 3.8) is 0 Å². The number of nitrogens with one attached hydrogen (secondary N) is 4. The van der Waals surface area contributed by atoms with Crippen molar-refractivity contribution in [1.29, 1.82) is 0 Å². The molecule has 0 saturated heterocycles. The third kappa shape index (κ3) is 5.75. The summed E-state index contributed by atoms with van der Waals surface area (Å²) in [5.74, 6) is 1.41. The molecule has 0 spiro atoms. The number of urea groups is 1. The molecular weight excluding hydrogens is 410 g/mol. The molecule has 4 rings (SSSR count). The molecule has 4 N–H and O–H groups in total. The van der Waals surface area contributed by atoms with Crippen molar-refractivity contribution in [3.05, 3.63) is 47.3 Å². The minimum Gasteiger partial charge on any atom is -0.335 e. The lowest BCUT2D eigenvalue weighted by Crippen LogP contribution is -2.36. The van der Waals surface area contributed by atoms with Crippen LogP contribution in [0.4, 0.5) is 22.1 Å². The van der Waals surface area contributed by atoms with Gasteiger partial charge >= 0.3 is 6.03 Å². The summed E-state index contributed by atoms with van der Waals surface area (Å²) in [6, 6.07) is 9.82. The van der Waals surface area contributed by atoms with Crippen LogP contribution in [0.2, 0.25) is 0 Å². The van der Waals surface area contributed by atoms with E-state index in [2.05, 4.69) is 36.1 Å². The fraction of sp³-hybridized carbons (Fsp3) is 0.364. The van der Waals surface area contributed by atoms with Crippen LogP contribution in [-0.4, -0.2) is 32.2 Å². The van der Waals surface area contributed by atoms with Crippen LogP contribution in [0.25, 0.3) is 0 Å². The van der Waals surface area contributed by atoms with Crippen LogP contribution >= 0.6 is 11.8 Å². The molecule has 0 bridgehead atoms. The molecule has 162 valence electrons. The van der Waals surface area contributed by atoms with Gasteiger partial charge in [0.05, 0.1) is 0 Å². The molecule has 1 aliphatic carbocycles. The highest BCUT2D eigenvalue weighted by atomic mass is 32.2. The number of aromatic nitrogens is 4. The van der Waals surface area contributed by atoms with Gasteiger partial charge in [0.1, 0.15) is 5.82 Å². The minimum absolute atomic E-state index is 0.141. The lowest BCUT2D eigenvalue weighted by Gasteiger charge is -2.14. The molecule has 1 fully saturated rings. The number of benzene rings is 1. The molecular formula is C22H27N7OS. The van der Waals surface area contributed by atoms with E-state index in [1.165, 1.54) is 24.6 Å². The van der Waals surface area contributed by atoms with Crippen molar-refractivity contribution >= 4 is 35.1 Å². The zero-order valence-electron chi connectivity index (χ0n) is 18.0. The topological polar surface area (TPSA) is 108 Å². The molecule has 0 aliphatic heterocycles. The average Bonchev–Trinajstić information content (AvgIpc) is 3.35. The van der Waals surface area contributed by atoms with Crippen molar-refractivity contribution in [2.75, 3.05) is 10.6 Å². The van der Waals surface area contributed by atoms with Gasteiger partial charge in [0, 0.05) is 40.1 Å². The molecule has 2 aromatic heterocycles. The minimum atomic E-state index is -0.141. The normalized spacial score (nSPS) is 13.9. The van der Waals surface area contributed by atoms with Gasteiger partial charge in [0.15, 0.2) is 11.0 Å². The van der Waals surface area contributed by atoms with E-state index in [4.69, 9.17) is 0 Å². The maximum absolute atomic E-state index is 12.2. The maximum atomic E-state index is 12.2. The molecule has 1 aromatic carbocycles. The summed E-state index contributed by atoms with van der Waals surface area (Å²) in [5.41, 5.74) is 3.67. The first-order chi connectivity index (χ1) is 14.9. The first-order valence-corrected chi connectivity index (χ1v) is 11.3. The monoisotopic (exact) mass is 437 g/mol. The Bertz CT molecular complexity index is 1080. The van der Waals surface area contributed by atoms with Crippen LogP contribution in [0.15, 0.2) is 40.4 Å². The van der Waals surface area contributed by atoms with Gasteiger partial charge in [-0.3, -0.25) is 5.10 Å². The molecule has 2 amide bonds. The lowest BCUT2D eigenvalue weighted by molar-refractivity contribution is 0.248. The highest BCUT2D eigenvalue weighted by molar-refractivity contribution is 7.99. The van der Waals surface area contributed by atoms with Crippen molar-refractivity contribution in [3.8, 4) is 0 Å². The highest BCUT2D eigenvalue weighted by Crippen LogP contribution is 2.31. The van der Waals surface area contributed by atoms with Crippen LogP contribution in [0.5, 0.6) is 0 Å². The number of hydrogen-bond acceptors (Lipinski definition) is 6. The Morgan fingerprint density at radius 2 is 1.87 bits per heavy atom. The summed E-state index contributed by atoms with van der Waals surface area (Å²) < 4.78 is 0. The second kappa shape index (κ2) is 9.38. The molecule has 0 atom stereocenters. The second-order valence-corrected chi connectivity index (χ2v) is 8.91. The summed E-state index contributed by atoms with van der Waals surface area (Å²) in [5, 5.41) is 16.9. The van der Waals surface area contributed by atoms with E-state index in [1.54, 1.807) is 0 Å². The van der Waals surface area contributed by atoms with E-state index in [1.807, 2.05) is 51.1 Å². The van der Waals surface area contributed by atoms with E-state index in [0.29, 0.717) is 22.8 Å². The summed E-state index contributed by atoms with van der Waals surface area (Å²) in [4.78, 5) is 22.4. The Balaban J connectivity index is 1.42. The molecule has 1 saturated carbocycles. The summed E-state index contributed by atoms with van der Waals surface area (Å²) in [7, 11) is 0. The van der Waals surface area contributed by atoms with Crippen molar-refractivity contribution < 1.29 is 4.79 Å². The van der Waals surface area contributed by atoms with E-state index in [0.717, 1.165) is 40.4 Å². The van der Waals surface area contributed by atoms with Crippen LogP contribution in [0.1, 0.15) is 42.6 Å². The van der Waals surface area contributed by atoms with Gasteiger partial charge in [0.25, 0.3) is 0 Å². The number of rotatable bonds is 6. The predicted molar refractivity (Wildman–Crippen MR) is 123 cm³/mol. The lowest BCUT2D eigenvalue weighted by atomic mass is 10.2. The molecule has 0 unspecified atom stereocenters. The van der Waals surface area contributed by atoms with Crippen LogP contribution in [-0.2, 0) is 0 Å². The number of carbonyl (C=O) groups is 1. The van der Waals surface area contributed by atoms with E-state index in [-0.39, 0.29) is 6.03 Å². The third-order valence-electron chi connectivity index (χ3n) is 5.12. The Morgan fingerprint density at radius 3 is 2.58 bits per heavy atom. The predicted octanol–water partition coefficient (Wildman–Crippen LogP) is 5.08. The summed E-state index contributed by atoms with van der Waals surface area (Å²) in [6.07, 6.45) is 4.51. The third-order valence-corrected chi connectivity index (χ3v) is 6.16. The molecule has 3 aromatic rings. The second-order valence-electron chi connectivity index (χ2n) is 7.90. The number of aryl methyl sites for hydroxylation is 3. The van der Waals surface area contributed by atoms with Crippen molar-refractivity contribution in [2.24, 2.45) is 0 Å². The van der Waals surface area contributed by atoms with Gasteiger partial charge in [0.2, 0.25) is 0 Å². The van der Waals surface area contributed by atoms with Gasteiger partial charge < -0.3 is 16.0 Å². The van der Waals surface area contributed by atoms with Gasteiger partial charge in [-0.2, -0.15) is 5.10 Å². The number of H-pyrrole nitrogens is 1. The zero-order chi connectivity index (χ0) is 21.8. The van der Waals surface area contributed by atoms with Gasteiger partial charge in [-0.15, -0.1) is 0 Å². The number of carbonyl (C=O) groups excluding carboxylic acids is 1. The van der Waals surface area contributed by atoms with Crippen LogP contribution < -0.4 is 16.0 Å². The average molecular weight is 438 g/mol. The molecule has 2 heterocycles. The first-order valence-electron chi connectivity index (χ1n) is 10.5. The molecule has 9 heteroatoms. The first kappa shape index (κ1) is 21.2. The number of amides is 2. The molecule has 1 aliphatic rings. The maximum Gasteiger partial charge on any atom is 0.319 e. The Hall–Kier alpha value is -3.07. The SMILES string of the molecule is Cc1cc(Nc2cc(C)[nH]n2)nc(Sc2ccc(NC(=O)NC3CCCC3)cc2C)n1. The van der Waals surface area contributed by atoms with E-state index < -0.39 is 0 Å². The highest BCUT2D eigenvalue weighted by Gasteiger charge is 2.17. The number of anilines is 3. The van der Waals surface area contributed by atoms with Crippen LogP contribution in [0, 0.1) is 20.8 Å². The Kier molecular flexibility index (Phi) is 6.41. The van der Waals surface area contributed by atoms with Crippen molar-refractivity contribution in [1.82, 2.24) is 25.5 Å². The fourth-order valence-electron chi connectivity index (χ4n) is 3.63.